The lowest BCUT2D eigenvalue weighted by Crippen LogP contribution is -2.29. The van der Waals surface area contributed by atoms with Crippen LogP contribution in [-0.4, -0.2) is 6.61 Å². The highest BCUT2D eigenvalue weighted by atomic mass is 19.1. The highest BCUT2D eigenvalue weighted by Gasteiger charge is 2.20. The number of nitrogens with two attached hydrogens (primary N) is 1. The number of halogens is 2. The number of hydrogen-bond donors (Lipinski definition) is 2. The second kappa shape index (κ2) is 5.19. The summed E-state index contributed by atoms with van der Waals surface area (Å²) in [5, 5.41) is 0. The van der Waals surface area contributed by atoms with E-state index in [-0.39, 0.29) is 0 Å². The summed E-state index contributed by atoms with van der Waals surface area (Å²) < 4.78 is 32.3. The number of rotatable bonds is 3. The van der Waals surface area contributed by atoms with Crippen molar-refractivity contribution in [1.82, 2.24) is 5.43 Å². The molecule has 0 aliphatic carbocycles. The molecule has 1 heterocycles. The molecule has 1 aliphatic rings. The molecule has 3 nitrogen and oxygen atoms in total. The smallest absolute Gasteiger partial charge is 0.131 e. The summed E-state index contributed by atoms with van der Waals surface area (Å²) in [5.41, 5.74) is 4.79. The highest BCUT2D eigenvalue weighted by molar-refractivity contribution is 5.43. The fraction of sp³-hybridized carbons (Fsp3) is 0.200. The van der Waals surface area contributed by atoms with Crippen LogP contribution in [0.15, 0.2) is 36.4 Å². The van der Waals surface area contributed by atoms with Gasteiger partial charge in [0.05, 0.1) is 12.6 Å². The van der Waals surface area contributed by atoms with Gasteiger partial charge in [-0.1, -0.05) is 18.2 Å². The molecule has 0 bridgehead atoms. The largest absolute Gasteiger partial charge is 0.493 e. The molecule has 1 atom stereocenters. The van der Waals surface area contributed by atoms with Crippen LogP contribution in [-0.2, 0) is 6.42 Å². The molecule has 3 N–H and O–H groups in total. The second-order valence-electron chi connectivity index (χ2n) is 4.73. The third kappa shape index (κ3) is 2.26. The van der Waals surface area contributed by atoms with E-state index in [0.29, 0.717) is 12.2 Å². The molecule has 0 amide bonds. The highest BCUT2D eigenvalue weighted by Crippen LogP contribution is 2.31. The number of hydrazine groups is 1. The van der Waals surface area contributed by atoms with Gasteiger partial charge in [0, 0.05) is 18.1 Å². The summed E-state index contributed by atoms with van der Waals surface area (Å²) in [5.74, 6) is 5.17. The number of benzene rings is 2. The van der Waals surface area contributed by atoms with Gasteiger partial charge in [0.1, 0.15) is 17.4 Å². The predicted octanol–water partition coefficient (Wildman–Crippen LogP) is 2.45. The van der Waals surface area contributed by atoms with Crippen molar-refractivity contribution in [2.45, 2.75) is 12.5 Å². The van der Waals surface area contributed by atoms with E-state index in [2.05, 4.69) is 5.43 Å². The summed E-state index contributed by atoms with van der Waals surface area (Å²) in [4.78, 5) is 0. The Morgan fingerprint density at radius 3 is 2.75 bits per heavy atom. The summed E-state index contributed by atoms with van der Waals surface area (Å²) in [6.07, 6.45) is 0.826. The first kappa shape index (κ1) is 13.0. The van der Waals surface area contributed by atoms with Gasteiger partial charge >= 0.3 is 0 Å². The van der Waals surface area contributed by atoms with Gasteiger partial charge in [-0.05, 0) is 23.3 Å². The van der Waals surface area contributed by atoms with E-state index >= 15 is 0 Å². The van der Waals surface area contributed by atoms with Crippen molar-refractivity contribution < 1.29 is 13.5 Å². The van der Waals surface area contributed by atoms with Gasteiger partial charge in [0.25, 0.3) is 0 Å². The third-order valence-corrected chi connectivity index (χ3v) is 3.49. The van der Waals surface area contributed by atoms with Gasteiger partial charge in [0.15, 0.2) is 0 Å². The van der Waals surface area contributed by atoms with Gasteiger partial charge in [0.2, 0.25) is 0 Å². The van der Waals surface area contributed by atoms with Gasteiger partial charge in [-0.15, -0.1) is 0 Å². The van der Waals surface area contributed by atoms with Crippen LogP contribution >= 0.6 is 0 Å². The lowest BCUT2D eigenvalue weighted by atomic mass is 9.96. The first-order valence-corrected chi connectivity index (χ1v) is 6.36. The average Bonchev–Trinajstić information content (AvgIpc) is 2.89. The minimum absolute atomic E-state index is 0.313. The zero-order valence-corrected chi connectivity index (χ0v) is 10.7. The molecule has 3 rings (SSSR count). The van der Waals surface area contributed by atoms with Crippen molar-refractivity contribution in [3.8, 4) is 5.75 Å². The molecular formula is C15H14F2N2O. The fourth-order valence-corrected chi connectivity index (χ4v) is 2.49. The van der Waals surface area contributed by atoms with Gasteiger partial charge in [-0.3, -0.25) is 5.84 Å². The standard InChI is InChI=1S/C15H14F2N2O/c16-11-2-3-12(13(17)8-11)15(19-18)10-1-4-14-9(7-10)5-6-20-14/h1-4,7-8,15,19H,5-6,18H2. The number of hydrogen-bond acceptors (Lipinski definition) is 3. The van der Waals surface area contributed by atoms with Crippen molar-refractivity contribution in [3.63, 3.8) is 0 Å². The molecule has 0 radical (unpaired) electrons. The lowest BCUT2D eigenvalue weighted by Gasteiger charge is -2.18. The first-order chi connectivity index (χ1) is 9.69. The molecule has 0 saturated carbocycles. The van der Waals surface area contributed by atoms with Crippen molar-refractivity contribution >= 4 is 0 Å². The topological polar surface area (TPSA) is 47.3 Å². The van der Waals surface area contributed by atoms with Crippen LogP contribution in [0.1, 0.15) is 22.7 Å². The summed E-state index contributed by atoms with van der Waals surface area (Å²) >= 11 is 0. The molecule has 5 heteroatoms. The maximum atomic E-state index is 13.9. The van der Waals surface area contributed by atoms with Crippen LogP contribution in [0.3, 0.4) is 0 Å². The van der Waals surface area contributed by atoms with Crippen molar-refractivity contribution in [2.24, 2.45) is 5.84 Å². The number of ether oxygens (including phenoxy) is 1. The fourth-order valence-electron chi connectivity index (χ4n) is 2.49. The second-order valence-corrected chi connectivity index (χ2v) is 4.73. The lowest BCUT2D eigenvalue weighted by molar-refractivity contribution is 0.357. The summed E-state index contributed by atoms with van der Waals surface area (Å²) in [7, 11) is 0. The van der Waals surface area contributed by atoms with Gasteiger partial charge in [-0.25, -0.2) is 14.2 Å². The van der Waals surface area contributed by atoms with Gasteiger partial charge in [-0.2, -0.15) is 0 Å². The molecule has 104 valence electrons. The number of nitrogens with one attached hydrogen (secondary N) is 1. The van der Waals surface area contributed by atoms with Crippen molar-refractivity contribution in [2.75, 3.05) is 6.61 Å². The average molecular weight is 276 g/mol. The van der Waals surface area contributed by atoms with E-state index in [1.165, 1.54) is 12.1 Å². The Morgan fingerprint density at radius 1 is 1.15 bits per heavy atom. The normalized spacial score (nSPS) is 14.8. The maximum absolute atomic E-state index is 13.9. The van der Waals surface area contributed by atoms with Crippen LogP contribution in [0.2, 0.25) is 0 Å². The molecule has 2 aromatic carbocycles. The van der Waals surface area contributed by atoms with E-state index in [1.54, 1.807) is 0 Å². The van der Waals surface area contributed by atoms with Crippen LogP contribution in [0.5, 0.6) is 5.75 Å². The summed E-state index contributed by atoms with van der Waals surface area (Å²) in [6, 6.07) is 8.58. The van der Waals surface area contributed by atoms with E-state index in [4.69, 9.17) is 10.6 Å². The zero-order valence-electron chi connectivity index (χ0n) is 10.7. The molecule has 1 aliphatic heterocycles. The van der Waals surface area contributed by atoms with Crippen LogP contribution < -0.4 is 16.0 Å². The minimum atomic E-state index is -0.621. The molecule has 0 saturated heterocycles. The molecule has 2 aromatic rings. The number of fused-ring (bicyclic) bond motifs is 1. The Balaban J connectivity index is 2.01. The summed E-state index contributed by atoms with van der Waals surface area (Å²) in [6.45, 7) is 0.657. The quantitative estimate of drug-likeness (QED) is 0.668. The maximum Gasteiger partial charge on any atom is 0.131 e. The van der Waals surface area contributed by atoms with E-state index in [1.807, 2.05) is 18.2 Å². The molecule has 20 heavy (non-hydrogen) atoms. The SMILES string of the molecule is NNC(c1ccc2c(c1)CCO2)c1ccc(F)cc1F. The van der Waals surface area contributed by atoms with E-state index < -0.39 is 17.7 Å². The van der Waals surface area contributed by atoms with Crippen molar-refractivity contribution in [1.29, 1.82) is 0 Å². The molecular weight excluding hydrogens is 262 g/mol. The molecule has 0 spiro atoms. The minimum Gasteiger partial charge on any atom is -0.493 e. The van der Waals surface area contributed by atoms with E-state index in [9.17, 15) is 8.78 Å². The monoisotopic (exact) mass is 276 g/mol. The molecule has 1 unspecified atom stereocenters. The zero-order chi connectivity index (χ0) is 14.1. The van der Waals surface area contributed by atoms with Crippen molar-refractivity contribution in [3.05, 3.63) is 64.7 Å². The van der Waals surface area contributed by atoms with Crippen LogP contribution in [0, 0.1) is 11.6 Å². The molecule has 0 fully saturated rings. The Kier molecular flexibility index (Phi) is 3.38. The predicted molar refractivity (Wildman–Crippen MR) is 71.2 cm³/mol. The Bertz CT molecular complexity index is 646. The van der Waals surface area contributed by atoms with Crippen LogP contribution in [0.4, 0.5) is 8.78 Å². The Hall–Kier alpha value is -1.98. The third-order valence-electron chi connectivity index (χ3n) is 3.49. The van der Waals surface area contributed by atoms with E-state index in [0.717, 1.165) is 29.4 Å². The van der Waals surface area contributed by atoms with Crippen LogP contribution in [0.25, 0.3) is 0 Å². The molecule has 0 aromatic heterocycles. The Labute approximate surface area is 115 Å². The Morgan fingerprint density at radius 2 is 2.00 bits per heavy atom. The van der Waals surface area contributed by atoms with Gasteiger partial charge < -0.3 is 4.74 Å². The first-order valence-electron chi connectivity index (χ1n) is 6.36.